The number of likely N-dealkylation sites (tertiary alicyclic amines) is 1. The average Bonchev–Trinajstić information content (AvgIpc) is 3.20. The van der Waals surface area contributed by atoms with E-state index in [4.69, 9.17) is 9.47 Å². The Labute approximate surface area is 323 Å². The number of aliphatic hydroxyl groups is 1. The molecule has 0 aliphatic carbocycles. The van der Waals surface area contributed by atoms with E-state index in [1.54, 1.807) is 24.3 Å². The smallest absolute Gasteiger partial charge is 0.411 e. The van der Waals surface area contributed by atoms with Gasteiger partial charge in [-0.1, -0.05) is 54.6 Å². The number of phenols is 1. The molecule has 0 spiro atoms. The molecule has 56 heavy (non-hydrogen) atoms. The minimum absolute atomic E-state index is 0.0922. The molecule has 3 amide bonds. The fourth-order valence-corrected chi connectivity index (χ4v) is 7.30. The lowest BCUT2D eigenvalue weighted by Crippen LogP contribution is -2.44. The molecular weight excluding hydrogens is 716 g/mol. The largest absolute Gasteiger partial charge is 0.506 e. The van der Waals surface area contributed by atoms with Crippen LogP contribution in [0, 0.1) is 0 Å². The van der Waals surface area contributed by atoms with Crippen molar-refractivity contribution in [1.29, 1.82) is 0 Å². The van der Waals surface area contributed by atoms with Gasteiger partial charge in [-0.3, -0.25) is 19.7 Å². The fraction of sp³-hybridized carbons (Fsp3) is 0.286. The fourth-order valence-electron chi connectivity index (χ4n) is 7.30. The third-order valence-electron chi connectivity index (χ3n) is 10.2. The number of nitrogens with one attached hydrogen (secondary N) is 4. The summed E-state index contributed by atoms with van der Waals surface area (Å²) < 4.78 is 11.5. The number of aromatic nitrogens is 1. The van der Waals surface area contributed by atoms with Crippen LogP contribution in [0.1, 0.15) is 36.5 Å². The van der Waals surface area contributed by atoms with Gasteiger partial charge in [-0.05, 0) is 48.2 Å². The number of amides is 3. The molecule has 1 saturated heterocycles. The molecule has 7 rings (SSSR count). The van der Waals surface area contributed by atoms with Crippen molar-refractivity contribution in [1.82, 2.24) is 15.2 Å². The predicted octanol–water partition coefficient (Wildman–Crippen LogP) is 5.12. The lowest BCUT2D eigenvalue weighted by Gasteiger charge is -2.33. The normalized spacial score (nSPS) is 15.2. The maximum absolute atomic E-state index is 13.6. The van der Waals surface area contributed by atoms with Crippen molar-refractivity contribution in [3.63, 3.8) is 0 Å². The zero-order valence-corrected chi connectivity index (χ0v) is 30.9. The van der Waals surface area contributed by atoms with Gasteiger partial charge in [0, 0.05) is 67.8 Å². The second-order valence-corrected chi connectivity index (χ2v) is 13.9. The summed E-state index contributed by atoms with van der Waals surface area (Å²) in [6.07, 6.45) is -0.256. The number of benzene rings is 4. The molecule has 0 bridgehead atoms. The molecule has 6 N–H and O–H groups in total. The number of ether oxygens (including phenoxy) is 2. The van der Waals surface area contributed by atoms with Crippen molar-refractivity contribution >= 4 is 45.9 Å². The summed E-state index contributed by atoms with van der Waals surface area (Å²) in [5.41, 5.74) is 4.70. The average molecular weight is 761 g/mol. The SMILES string of the molecule is COc1cc2c(cc1CNC[C@H](O)c1ccc(O)c3[nH]c(=O)ccc13)NC(=O)CN2C(=O)CCN1CCC(OC(=O)Nc2ccccc2-c2ccccc2)CC1. The maximum atomic E-state index is 13.6. The number of piperidine rings is 1. The van der Waals surface area contributed by atoms with Gasteiger partial charge in [-0.15, -0.1) is 0 Å². The van der Waals surface area contributed by atoms with Crippen molar-refractivity contribution in [3.8, 4) is 22.6 Å². The van der Waals surface area contributed by atoms with Crippen LogP contribution in [0.25, 0.3) is 22.0 Å². The molecule has 0 unspecified atom stereocenters. The molecule has 3 heterocycles. The first-order chi connectivity index (χ1) is 27.2. The standard InChI is InChI=1S/C42H44N6O8/c1-55-37-22-34-33(21-27(37)23-43-24-36(50)30-11-13-35(49)41-31(30)12-14-38(51)46-41)44-39(52)25-48(34)40(53)17-20-47-18-15-28(16-19-47)56-42(54)45-32-10-6-5-9-29(32)26-7-3-2-4-8-26/h2-14,21-22,28,36,43,49-50H,15-20,23-25H2,1H3,(H,44,52)(H,45,54)(H,46,51)/t36-/m0/s1. The molecule has 5 aromatic rings. The van der Waals surface area contributed by atoms with Crippen LogP contribution in [-0.2, 0) is 20.9 Å². The Bertz CT molecular complexity index is 2290. The van der Waals surface area contributed by atoms with Crippen LogP contribution in [0.5, 0.6) is 11.5 Å². The van der Waals surface area contributed by atoms with Gasteiger partial charge in [0.05, 0.1) is 35.8 Å². The number of hydrogen-bond acceptors (Lipinski definition) is 10. The number of carbonyl (C=O) groups excluding carboxylic acids is 3. The van der Waals surface area contributed by atoms with E-state index in [0.717, 1.165) is 11.1 Å². The zero-order valence-electron chi connectivity index (χ0n) is 30.9. The number of phenolic OH excluding ortho intramolecular Hbond substituents is 1. The highest BCUT2D eigenvalue weighted by atomic mass is 16.6. The van der Waals surface area contributed by atoms with Crippen LogP contribution < -0.4 is 31.1 Å². The number of carbonyl (C=O) groups is 3. The highest BCUT2D eigenvalue weighted by Crippen LogP contribution is 2.37. The second kappa shape index (κ2) is 17.1. The number of aromatic amines is 1. The Kier molecular flexibility index (Phi) is 11.6. The van der Waals surface area contributed by atoms with Crippen molar-refractivity contribution in [2.45, 2.75) is 38.0 Å². The summed E-state index contributed by atoms with van der Waals surface area (Å²) in [6.45, 7) is 2.09. The number of hydrogen-bond donors (Lipinski definition) is 6. The first-order valence-corrected chi connectivity index (χ1v) is 18.6. The topological polar surface area (TPSA) is 186 Å². The number of methoxy groups -OCH3 is 1. The number of aliphatic hydroxyl groups excluding tert-OH is 1. The molecule has 2 aliphatic heterocycles. The summed E-state index contributed by atoms with van der Waals surface area (Å²) in [6, 6.07) is 26.8. The summed E-state index contributed by atoms with van der Waals surface area (Å²) in [7, 11) is 1.53. The Morgan fingerprint density at radius 1 is 0.964 bits per heavy atom. The van der Waals surface area contributed by atoms with Gasteiger partial charge < -0.3 is 45.1 Å². The molecule has 1 atom stereocenters. The highest BCUT2D eigenvalue weighted by molar-refractivity contribution is 6.10. The molecule has 14 nitrogen and oxygen atoms in total. The van der Waals surface area contributed by atoms with E-state index in [1.807, 2.05) is 54.6 Å². The molecule has 14 heteroatoms. The molecule has 0 saturated carbocycles. The minimum atomic E-state index is -0.966. The van der Waals surface area contributed by atoms with Gasteiger partial charge in [-0.2, -0.15) is 0 Å². The van der Waals surface area contributed by atoms with Crippen LogP contribution in [0.2, 0.25) is 0 Å². The number of aromatic hydroxyl groups is 1. The Morgan fingerprint density at radius 2 is 1.73 bits per heavy atom. The van der Waals surface area contributed by atoms with E-state index in [2.05, 4.69) is 25.8 Å². The number of fused-ring (bicyclic) bond motifs is 2. The Balaban J connectivity index is 0.912. The molecule has 290 valence electrons. The zero-order chi connectivity index (χ0) is 39.2. The van der Waals surface area contributed by atoms with Gasteiger partial charge in [0.2, 0.25) is 17.4 Å². The van der Waals surface area contributed by atoms with E-state index >= 15 is 0 Å². The predicted molar refractivity (Wildman–Crippen MR) is 213 cm³/mol. The van der Waals surface area contributed by atoms with E-state index in [9.17, 15) is 29.4 Å². The van der Waals surface area contributed by atoms with Gasteiger partial charge in [0.15, 0.2) is 0 Å². The van der Waals surface area contributed by atoms with Gasteiger partial charge in [-0.25, -0.2) is 4.79 Å². The van der Waals surface area contributed by atoms with Crippen molar-refractivity contribution < 1.29 is 34.1 Å². The monoisotopic (exact) mass is 760 g/mol. The van der Waals surface area contributed by atoms with Crippen LogP contribution in [-0.4, -0.2) is 83.9 Å². The number of para-hydroxylation sites is 1. The van der Waals surface area contributed by atoms with Crippen molar-refractivity contribution in [3.05, 3.63) is 112 Å². The molecule has 1 fully saturated rings. The third-order valence-corrected chi connectivity index (χ3v) is 10.2. The van der Waals surface area contributed by atoms with Crippen molar-refractivity contribution in [2.24, 2.45) is 0 Å². The molecular formula is C42H44N6O8. The quantitative estimate of drug-likeness (QED) is 0.0998. The van der Waals surface area contributed by atoms with Gasteiger partial charge in [0.1, 0.15) is 24.1 Å². The first kappa shape index (κ1) is 38.1. The molecule has 1 aromatic heterocycles. The van der Waals surface area contributed by atoms with Gasteiger partial charge >= 0.3 is 6.09 Å². The highest BCUT2D eigenvalue weighted by Gasteiger charge is 2.30. The van der Waals surface area contributed by atoms with Crippen LogP contribution >= 0.6 is 0 Å². The number of H-pyrrole nitrogens is 1. The lowest BCUT2D eigenvalue weighted by atomic mass is 10.0. The maximum Gasteiger partial charge on any atom is 0.411 e. The Morgan fingerprint density at radius 3 is 2.52 bits per heavy atom. The summed E-state index contributed by atoms with van der Waals surface area (Å²) in [4.78, 5) is 57.2. The number of pyridine rings is 1. The number of anilines is 3. The van der Waals surface area contributed by atoms with Crippen LogP contribution in [0.15, 0.2) is 95.8 Å². The van der Waals surface area contributed by atoms with E-state index in [-0.39, 0.29) is 60.8 Å². The summed E-state index contributed by atoms with van der Waals surface area (Å²) in [5, 5.41) is 30.7. The van der Waals surface area contributed by atoms with Gasteiger partial charge in [0.25, 0.3) is 0 Å². The van der Waals surface area contributed by atoms with Crippen LogP contribution in [0.4, 0.5) is 21.9 Å². The third kappa shape index (κ3) is 8.68. The molecule has 0 radical (unpaired) electrons. The van der Waals surface area contributed by atoms with Crippen molar-refractivity contribution in [2.75, 3.05) is 55.4 Å². The van der Waals surface area contributed by atoms with Crippen LogP contribution in [0.3, 0.4) is 0 Å². The molecule has 2 aliphatic rings. The molecule has 4 aromatic carbocycles. The summed E-state index contributed by atoms with van der Waals surface area (Å²) >= 11 is 0. The first-order valence-electron chi connectivity index (χ1n) is 18.6. The second-order valence-electron chi connectivity index (χ2n) is 13.9. The minimum Gasteiger partial charge on any atom is -0.506 e. The number of nitrogens with zero attached hydrogens (tertiary/aromatic N) is 2. The Hall–Kier alpha value is -6.22. The lowest BCUT2D eigenvalue weighted by molar-refractivity contribution is -0.122. The number of rotatable bonds is 12. The summed E-state index contributed by atoms with van der Waals surface area (Å²) in [5.74, 6) is -0.105. The van der Waals surface area contributed by atoms with E-state index in [1.165, 1.54) is 24.1 Å². The van der Waals surface area contributed by atoms with E-state index < -0.39 is 12.2 Å². The van der Waals surface area contributed by atoms with E-state index in [0.29, 0.717) is 71.8 Å².